The van der Waals surface area contributed by atoms with Gasteiger partial charge < -0.3 is 10.4 Å². The predicted molar refractivity (Wildman–Crippen MR) is 113 cm³/mol. The van der Waals surface area contributed by atoms with Crippen molar-refractivity contribution in [2.75, 3.05) is 5.32 Å². The molecule has 150 valence electrons. The van der Waals surface area contributed by atoms with Crippen molar-refractivity contribution < 1.29 is 14.3 Å². The second-order valence-corrected chi connectivity index (χ2v) is 6.74. The van der Waals surface area contributed by atoms with Crippen molar-refractivity contribution in [3.8, 4) is 5.69 Å². The molecule has 7 heteroatoms. The van der Waals surface area contributed by atoms with E-state index in [0.29, 0.717) is 5.82 Å². The van der Waals surface area contributed by atoms with E-state index in [9.17, 15) is 14.0 Å². The summed E-state index contributed by atoms with van der Waals surface area (Å²) < 4.78 is 16.2. The third-order valence-corrected chi connectivity index (χ3v) is 4.65. The van der Waals surface area contributed by atoms with Gasteiger partial charge in [-0.3, -0.25) is 14.2 Å². The van der Waals surface area contributed by atoms with Gasteiger partial charge in [0.05, 0.1) is 17.5 Å². The van der Waals surface area contributed by atoms with E-state index in [1.807, 2.05) is 60.7 Å². The summed E-state index contributed by atoms with van der Waals surface area (Å²) in [6, 6.07) is 21.1. The van der Waals surface area contributed by atoms with Crippen LogP contribution in [0.2, 0.25) is 0 Å². The van der Waals surface area contributed by atoms with Crippen LogP contribution in [0.4, 0.5) is 15.9 Å². The van der Waals surface area contributed by atoms with E-state index in [4.69, 9.17) is 5.11 Å². The topological polar surface area (TPSA) is 84.2 Å². The third-order valence-electron chi connectivity index (χ3n) is 4.65. The third kappa shape index (κ3) is 3.91. The van der Waals surface area contributed by atoms with Gasteiger partial charge in [-0.25, -0.2) is 9.37 Å². The number of aromatic nitrogens is 2. The van der Waals surface area contributed by atoms with Crippen LogP contribution in [-0.2, 0) is 11.2 Å². The molecule has 0 amide bonds. The lowest BCUT2D eigenvalue weighted by Crippen LogP contribution is -2.15. The zero-order valence-electron chi connectivity index (χ0n) is 15.9. The number of benzene rings is 2. The summed E-state index contributed by atoms with van der Waals surface area (Å²) in [5.41, 5.74) is 1.38. The van der Waals surface area contributed by atoms with Crippen molar-refractivity contribution in [3.05, 3.63) is 94.5 Å². The highest BCUT2D eigenvalue weighted by Gasteiger charge is 2.17. The van der Waals surface area contributed by atoms with E-state index in [0.717, 1.165) is 17.4 Å². The number of rotatable bonds is 6. The van der Waals surface area contributed by atoms with Crippen LogP contribution in [0.3, 0.4) is 0 Å². The summed E-state index contributed by atoms with van der Waals surface area (Å²) in [6.45, 7) is 0. The van der Waals surface area contributed by atoms with Crippen LogP contribution in [-0.4, -0.2) is 20.6 Å². The van der Waals surface area contributed by atoms with E-state index in [1.165, 1.54) is 6.07 Å². The van der Waals surface area contributed by atoms with Crippen LogP contribution in [0.5, 0.6) is 0 Å². The van der Waals surface area contributed by atoms with E-state index in [-0.39, 0.29) is 35.0 Å². The summed E-state index contributed by atoms with van der Waals surface area (Å²) in [4.78, 5) is 28.1. The lowest BCUT2D eigenvalue weighted by Gasteiger charge is -2.18. The summed E-state index contributed by atoms with van der Waals surface area (Å²) in [7, 11) is 0. The van der Waals surface area contributed by atoms with Gasteiger partial charge in [-0.15, -0.1) is 0 Å². The molecule has 0 fully saturated rings. The Morgan fingerprint density at radius 2 is 1.70 bits per heavy atom. The lowest BCUT2D eigenvalue weighted by atomic mass is 10.1. The second kappa shape index (κ2) is 8.16. The minimum atomic E-state index is -1.05. The average molecular weight is 403 g/mol. The van der Waals surface area contributed by atoms with Crippen LogP contribution in [0.15, 0.2) is 77.6 Å². The molecule has 0 atom stereocenters. The molecule has 0 saturated carbocycles. The van der Waals surface area contributed by atoms with Crippen LogP contribution in [0, 0.1) is 5.82 Å². The first-order chi connectivity index (χ1) is 14.5. The van der Waals surface area contributed by atoms with Crippen molar-refractivity contribution in [1.29, 1.82) is 0 Å². The predicted octanol–water partition coefficient (Wildman–Crippen LogP) is 4.29. The molecule has 30 heavy (non-hydrogen) atoms. The number of carboxylic acid groups (broad SMARTS) is 1. The number of nitrogens with one attached hydrogen (secondary N) is 1. The SMILES string of the molecule is O=C(O)CCc1nc2c(cc1F)c(=O)cc(Nc1ccccc1)n2-c1ccccc1. The summed E-state index contributed by atoms with van der Waals surface area (Å²) in [5, 5.41) is 12.3. The Bertz CT molecular complexity index is 1270. The Morgan fingerprint density at radius 3 is 2.37 bits per heavy atom. The van der Waals surface area contributed by atoms with Gasteiger partial charge in [-0.1, -0.05) is 36.4 Å². The van der Waals surface area contributed by atoms with Crippen LogP contribution < -0.4 is 10.7 Å². The van der Waals surface area contributed by atoms with Crippen molar-refractivity contribution in [1.82, 2.24) is 9.55 Å². The number of pyridine rings is 2. The molecule has 2 aromatic heterocycles. The van der Waals surface area contributed by atoms with E-state index in [1.54, 1.807) is 4.57 Å². The first-order valence-corrected chi connectivity index (χ1v) is 9.37. The van der Waals surface area contributed by atoms with E-state index < -0.39 is 11.8 Å². The molecule has 6 nitrogen and oxygen atoms in total. The smallest absolute Gasteiger partial charge is 0.303 e. The largest absolute Gasteiger partial charge is 0.481 e. The number of aliphatic carboxylic acids is 1. The number of fused-ring (bicyclic) bond motifs is 1. The molecule has 0 spiro atoms. The van der Waals surface area contributed by atoms with Crippen molar-refractivity contribution in [2.24, 2.45) is 0 Å². The van der Waals surface area contributed by atoms with Gasteiger partial charge in [-0.05, 0) is 30.3 Å². The number of carboxylic acids is 1. The van der Waals surface area contributed by atoms with Gasteiger partial charge in [0.1, 0.15) is 17.3 Å². The number of hydrogen-bond acceptors (Lipinski definition) is 4. The molecular formula is C23H18FN3O3. The molecule has 2 N–H and O–H groups in total. The van der Waals surface area contributed by atoms with Crippen LogP contribution in [0.1, 0.15) is 12.1 Å². The highest BCUT2D eigenvalue weighted by Crippen LogP contribution is 2.25. The first kappa shape index (κ1) is 19.3. The monoisotopic (exact) mass is 403 g/mol. The highest BCUT2D eigenvalue weighted by atomic mass is 19.1. The molecule has 0 aliphatic carbocycles. The number of halogens is 1. The molecule has 0 aliphatic rings. The number of para-hydroxylation sites is 2. The molecule has 0 radical (unpaired) electrons. The van der Waals surface area contributed by atoms with Crippen LogP contribution >= 0.6 is 0 Å². The van der Waals surface area contributed by atoms with Crippen molar-refractivity contribution in [3.63, 3.8) is 0 Å². The molecule has 4 rings (SSSR count). The molecule has 2 aromatic carbocycles. The normalized spacial score (nSPS) is 10.8. The molecule has 2 heterocycles. The van der Waals surface area contributed by atoms with Crippen molar-refractivity contribution in [2.45, 2.75) is 12.8 Å². The van der Waals surface area contributed by atoms with Gasteiger partial charge in [0, 0.05) is 23.9 Å². The molecule has 0 bridgehead atoms. The van der Waals surface area contributed by atoms with Crippen molar-refractivity contribution >= 4 is 28.5 Å². The summed E-state index contributed by atoms with van der Waals surface area (Å²) >= 11 is 0. The van der Waals surface area contributed by atoms with E-state index in [2.05, 4.69) is 10.3 Å². The minimum Gasteiger partial charge on any atom is -0.481 e. The maximum Gasteiger partial charge on any atom is 0.303 e. The Labute approximate surface area is 171 Å². The quantitative estimate of drug-likeness (QED) is 0.502. The first-order valence-electron chi connectivity index (χ1n) is 9.37. The number of aryl methyl sites for hydroxylation is 1. The van der Waals surface area contributed by atoms with Gasteiger partial charge in [0.15, 0.2) is 5.43 Å². The van der Waals surface area contributed by atoms with Gasteiger partial charge >= 0.3 is 5.97 Å². The Balaban J connectivity index is 1.97. The number of carbonyl (C=O) groups is 1. The maximum absolute atomic E-state index is 14.5. The fraction of sp³-hybridized carbons (Fsp3) is 0.0870. The summed E-state index contributed by atoms with van der Waals surface area (Å²) in [5.74, 6) is -1.27. The molecule has 0 saturated heterocycles. The van der Waals surface area contributed by atoms with Gasteiger partial charge in [-0.2, -0.15) is 0 Å². The molecular weight excluding hydrogens is 385 g/mol. The molecule has 4 aromatic rings. The Hall–Kier alpha value is -4.00. The molecule has 0 aliphatic heterocycles. The standard InChI is InChI=1S/C23H18FN3O3/c24-18-13-17-20(28)14-21(25-15-7-3-1-4-8-15)27(16-9-5-2-6-10-16)23(17)26-19(18)11-12-22(29)30/h1-10,13-14,25H,11-12H2,(H,29,30). The fourth-order valence-corrected chi connectivity index (χ4v) is 3.25. The van der Waals surface area contributed by atoms with Gasteiger partial charge in [0.2, 0.25) is 0 Å². The average Bonchev–Trinajstić information content (AvgIpc) is 2.74. The number of anilines is 2. The van der Waals surface area contributed by atoms with Crippen LogP contribution in [0.25, 0.3) is 16.7 Å². The molecule has 0 unspecified atom stereocenters. The zero-order chi connectivity index (χ0) is 21.1. The Kier molecular flexibility index (Phi) is 5.26. The maximum atomic E-state index is 14.5. The lowest BCUT2D eigenvalue weighted by molar-refractivity contribution is -0.136. The van der Waals surface area contributed by atoms with Gasteiger partial charge in [0.25, 0.3) is 0 Å². The summed E-state index contributed by atoms with van der Waals surface area (Å²) in [6.07, 6.45) is -0.330. The fourth-order valence-electron chi connectivity index (χ4n) is 3.25. The minimum absolute atomic E-state index is 0.00541. The number of nitrogens with zero attached hydrogens (tertiary/aromatic N) is 2. The zero-order valence-corrected chi connectivity index (χ0v) is 15.9. The Morgan fingerprint density at radius 1 is 1.03 bits per heavy atom. The number of hydrogen-bond donors (Lipinski definition) is 2. The highest BCUT2D eigenvalue weighted by molar-refractivity contribution is 5.81. The second-order valence-electron chi connectivity index (χ2n) is 6.74. The van der Waals surface area contributed by atoms with E-state index >= 15 is 0 Å².